The molecule has 6 heteroatoms. The number of aryl methyl sites for hydroxylation is 2. The molecule has 1 amide bonds. The molecule has 1 atom stereocenters. The van der Waals surface area contributed by atoms with Crippen LogP contribution in [0.3, 0.4) is 0 Å². The number of carbonyl (C=O) groups excluding carboxylic acids is 1. The summed E-state index contributed by atoms with van der Waals surface area (Å²) in [5, 5.41) is 13.8. The van der Waals surface area contributed by atoms with Gasteiger partial charge in [0.25, 0.3) is 11.6 Å². The van der Waals surface area contributed by atoms with E-state index in [0.717, 1.165) is 10.5 Å². The van der Waals surface area contributed by atoms with Gasteiger partial charge < -0.3 is 10.2 Å². The van der Waals surface area contributed by atoms with Gasteiger partial charge in [-0.3, -0.25) is 14.9 Å². The quantitative estimate of drug-likeness (QED) is 0.628. The Balaban J connectivity index is 2.00. The van der Waals surface area contributed by atoms with Gasteiger partial charge in [0.2, 0.25) is 0 Å². The van der Waals surface area contributed by atoms with Crippen molar-refractivity contribution in [1.82, 2.24) is 0 Å². The van der Waals surface area contributed by atoms with Crippen molar-refractivity contribution in [2.75, 3.05) is 18.9 Å². The number of benzene rings is 2. The monoisotopic (exact) mass is 328 g/mol. The maximum atomic E-state index is 12.2. The lowest BCUT2D eigenvalue weighted by atomic mass is 10.1. The van der Waals surface area contributed by atoms with Gasteiger partial charge in [0, 0.05) is 11.6 Å². The SMILES string of the molecule is Cc1ccc(C[NH+](C)CC(=O)Nc2c(C)cccc2[N+](=O)[O-])cc1. The molecule has 0 radical (unpaired) electrons. The van der Waals surface area contributed by atoms with E-state index in [1.165, 1.54) is 11.6 Å². The molecule has 126 valence electrons. The van der Waals surface area contributed by atoms with Crippen LogP contribution < -0.4 is 10.2 Å². The number of rotatable bonds is 6. The van der Waals surface area contributed by atoms with E-state index in [2.05, 4.69) is 5.32 Å². The fraction of sp³-hybridized carbons (Fsp3) is 0.278. The average Bonchev–Trinajstić information content (AvgIpc) is 2.51. The van der Waals surface area contributed by atoms with Crippen LogP contribution in [-0.4, -0.2) is 24.4 Å². The smallest absolute Gasteiger partial charge is 0.293 e. The summed E-state index contributed by atoms with van der Waals surface area (Å²) in [4.78, 5) is 23.9. The first-order chi connectivity index (χ1) is 11.4. The molecule has 0 bridgehead atoms. The first-order valence-electron chi connectivity index (χ1n) is 7.77. The van der Waals surface area contributed by atoms with Crippen molar-refractivity contribution < 1.29 is 14.6 Å². The van der Waals surface area contributed by atoms with E-state index in [9.17, 15) is 14.9 Å². The molecule has 0 aliphatic rings. The molecule has 0 aromatic heterocycles. The van der Waals surface area contributed by atoms with Gasteiger partial charge >= 0.3 is 0 Å². The number of hydrogen-bond donors (Lipinski definition) is 2. The second-order valence-corrected chi connectivity index (χ2v) is 6.07. The van der Waals surface area contributed by atoms with Crippen LogP contribution in [0.5, 0.6) is 0 Å². The van der Waals surface area contributed by atoms with Gasteiger partial charge in [0.15, 0.2) is 6.54 Å². The summed E-state index contributed by atoms with van der Waals surface area (Å²) in [5.74, 6) is -0.239. The molecular formula is C18H22N3O3+. The molecule has 6 nitrogen and oxygen atoms in total. The zero-order valence-electron chi connectivity index (χ0n) is 14.1. The molecule has 0 saturated carbocycles. The minimum absolute atomic E-state index is 0.0838. The average molecular weight is 328 g/mol. The number of nitro groups is 1. The highest BCUT2D eigenvalue weighted by atomic mass is 16.6. The van der Waals surface area contributed by atoms with Crippen LogP contribution in [-0.2, 0) is 11.3 Å². The summed E-state index contributed by atoms with van der Waals surface area (Å²) < 4.78 is 0. The maximum Gasteiger partial charge on any atom is 0.293 e. The summed E-state index contributed by atoms with van der Waals surface area (Å²) in [5.41, 5.74) is 3.21. The Bertz CT molecular complexity index is 742. The van der Waals surface area contributed by atoms with Gasteiger partial charge in [-0.05, 0) is 19.4 Å². The third-order valence-corrected chi connectivity index (χ3v) is 3.80. The number of hydrogen-bond acceptors (Lipinski definition) is 3. The molecule has 2 aromatic rings. The Morgan fingerprint density at radius 3 is 2.46 bits per heavy atom. The Hall–Kier alpha value is -2.73. The van der Waals surface area contributed by atoms with E-state index < -0.39 is 4.92 Å². The zero-order valence-corrected chi connectivity index (χ0v) is 14.1. The lowest BCUT2D eigenvalue weighted by molar-refractivity contribution is -0.885. The number of nitrogens with one attached hydrogen (secondary N) is 2. The maximum absolute atomic E-state index is 12.2. The zero-order chi connectivity index (χ0) is 17.7. The fourth-order valence-corrected chi connectivity index (χ4v) is 2.54. The van der Waals surface area contributed by atoms with E-state index in [1.54, 1.807) is 19.1 Å². The minimum atomic E-state index is -0.481. The summed E-state index contributed by atoms with van der Waals surface area (Å²) in [7, 11) is 1.92. The Kier molecular flexibility index (Phi) is 5.65. The van der Waals surface area contributed by atoms with Gasteiger partial charge in [-0.2, -0.15) is 0 Å². The Morgan fingerprint density at radius 1 is 1.17 bits per heavy atom. The minimum Gasteiger partial charge on any atom is -0.326 e. The van der Waals surface area contributed by atoms with Crippen molar-refractivity contribution in [3.8, 4) is 0 Å². The first-order valence-corrected chi connectivity index (χ1v) is 7.77. The van der Waals surface area contributed by atoms with Gasteiger partial charge in [0.05, 0.1) is 12.0 Å². The number of para-hydroxylation sites is 1. The van der Waals surface area contributed by atoms with Gasteiger partial charge in [-0.25, -0.2) is 0 Å². The van der Waals surface area contributed by atoms with Crippen LogP contribution >= 0.6 is 0 Å². The highest BCUT2D eigenvalue weighted by molar-refractivity contribution is 5.94. The molecule has 2 rings (SSSR count). The van der Waals surface area contributed by atoms with Gasteiger partial charge in [-0.1, -0.05) is 42.0 Å². The fourth-order valence-electron chi connectivity index (χ4n) is 2.54. The van der Waals surface area contributed by atoms with Crippen molar-refractivity contribution in [2.45, 2.75) is 20.4 Å². The van der Waals surface area contributed by atoms with Crippen molar-refractivity contribution in [3.63, 3.8) is 0 Å². The number of amides is 1. The lowest BCUT2D eigenvalue weighted by Crippen LogP contribution is -3.08. The Morgan fingerprint density at radius 2 is 1.83 bits per heavy atom. The Labute approximate surface area is 141 Å². The summed E-state index contributed by atoms with van der Waals surface area (Å²) in [6.45, 7) is 4.72. The van der Waals surface area contributed by atoms with Crippen molar-refractivity contribution in [3.05, 3.63) is 69.3 Å². The van der Waals surface area contributed by atoms with E-state index in [1.807, 2.05) is 38.2 Å². The van der Waals surface area contributed by atoms with Crippen LogP contribution in [0.15, 0.2) is 42.5 Å². The number of quaternary nitrogens is 1. The summed E-state index contributed by atoms with van der Waals surface area (Å²) >= 11 is 0. The predicted molar refractivity (Wildman–Crippen MR) is 93.1 cm³/mol. The van der Waals surface area contributed by atoms with E-state index >= 15 is 0 Å². The highest BCUT2D eigenvalue weighted by Crippen LogP contribution is 2.27. The van der Waals surface area contributed by atoms with Crippen LogP contribution in [0, 0.1) is 24.0 Å². The van der Waals surface area contributed by atoms with Crippen molar-refractivity contribution in [1.29, 1.82) is 0 Å². The second-order valence-electron chi connectivity index (χ2n) is 6.07. The van der Waals surface area contributed by atoms with E-state index in [-0.39, 0.29) is 23.8 Å². The molecule has 24 heavy (non-hydrogen) atoms. The van der Waals surface area contributed by atoms with Crippen molar-refractivity contribution in [2.24, 2.45) is 0 Å². The first kappa shape index (κ1) is 17.6. The standard InChI is InChI=1S/C18H21N3O3/c1-13-7-9-15(10-8-13)11-20(3)12-17(22)19-18-14(2)5-4-6-16(18)21(23)24/h4-10H,11-12H2,1-3H3,(H,19,22)/p+1. The number of nitrogens with zero attached hydrogens (tertiary/aromatic N) is 1. The molecule has 0 fully saturated rings. The summed E-state index contributed by atoms with van der Waals surface area (Å²) in [6.07, 6.45) is 0. The third-order valence-electron chi connectivity index (χ3n) is 3.80. The largest absolute Gasteiger partial charge is 0.326 e. The van der Waals surface area contributed by atoms with Crippen LogP contribution in [0.1, 0.15) is 16.7 Å². The topological polar surface area (TPSA) is 76.7 Å². The molecule has 1 unspecified atom stereocenters. The van der Waals surface area contributed by atoms with Gasteiger partial charge in [-0.15, -0.1) is 0 Å². The molecule has 2 N–H and O–H groups in total. The lowest BCUT2D eigenvalue weighted by Gasteiger charge is -2.15. The van der Waals surface area contributed by atoms with Crippen molar-refractivity contribution >= 4 is 17.3 Å². The highest BCUT2D eigenvalue weighted by Gasteiger charge is 2.19. The molecule has 0 heterocycles. The number of likely N-dealkylation sites (N-methyl/N-ethyl adjacent to an activating group) is 1. The molecule has 2 aromatic carbocycles. The van der Waals surface area contributed by atoms with Crippen LogP contribution in [0.4, 0.5) is 11.4 Å². The molecule has 0 aliphatic heterocycles. The molecule has 0 saturated heterocycles. The second kappa shape index (κ2) is 7.70. The molecular weight excluding hydrogens is 306 g/mol. The molecule has 0 aliphatic carbocycles. The van der Waals surface area contributed by atoms with E-state index in [4.69, 9.17) is 0 Å². The van der Waals surface area contributed by atoms with Crippen LogP contribution in [0.2, 0.25) is 0 Å². The predicted octanol–water partition coefficient (Wildman–Crippen LogP) is 1.87. The molecule has 0 spiro atoms. The normalized spacial score (nSPS) is 11.8. The number of anilines is 1. The number of nitro benzene ring substituents is 1. The van der Waals surface area contributed by atoms with Gasteiger partial charge in [0.1, 0.15) is 12.2 Å². The summed E-state index contributed by atoms with van der Waals surface area (Å²) in [6, 6.07) is 12.9. The van der Waals surface area contributed by atoms with Crippen LogP contribution in [0.25, 0.3) is 0 Å². The number of carbonyl (C=O) groups is 1. The third kappa shape index (κ3) is 4.63. The van der Waals surface area contributed by atoms with E-state index in [0.29, 0.717) is 12.1 Å².